The molecule has 0 radical (unpaired) electrons. The Labute approximate surface area is 125 Å². The molecule has 0 amide bonds. The van der Waals surface area contributed by atoms with E-state index in [0.717, 1.165) is 38.4 Å². The zero-order chi connectivity index (χ0) is 15.1. The molecule has 0 fully saturated rings. The Hall–Kier alpha value is -2.31. The summed E-state index contributed by atoms with van der Waals surface area (Å²) in [6, 6.07) is 0. The maximum atomic E-state index is 6.17. The third kappa shape index (κ3) is 3.84. The van der Waals surface area contributed by atoms with Gasteiger partial charge in [-0.1, -0.05) is 0 Å². The van der Waals surface area contributed by atoms with Crippen molar-refractivity contribution < 1.29 is 0 Å². The third-order valence-corrected chi connectivity index (χ3v) is 3.37. The van der Waals surface area contributed by atoms with Gasteiger partial charge in [-0.2, -0.15) is 0 Å². The van der Waals surface area contributed by atoms with Crippen LogP contribution in [0.5, 0.6) is 0 Å². The SMILES string of the molecule is CCN(CC)c1ncnc(NCCCn2ccnc2)c1N. The number of rotatable bonds is 8. The monoisotopic (exact) mass is 289 g/mol. The molecule has 21 heavy (non-hydrogen) atoms. The molecule has 0 atom stereocenters. The van der Waals surface area contributed by atoms with Crippen LogP contribution in [-0.4, -0.2) is 39.2 Å². The van der Waals surface area contributed by atoms with Crippen LogP contribution in [0.1, 0.15) is 20.3 Å². The molecule has 0 saturated carbocycles. The Morgan fingerprint density at radius 2 is 2.10 bits per heavy atom. The average molecular weight is 289 g/mol. The second kappa shape index (κ2) is 7.47. The molecular weight excluding hydrogens is 266 g/mol. The summed E-state index contributed by atoms with van der Waals surface area (Å²) < 4.78 is 2.05. The lowest BCUT2D eigenvalue weighted by Gasteiger charge is -2.22. The summed E-state index contributed by atoms with van der Waals surface area (Å²) >= 11 is 0. The van der Waals surface area contributed by atoms with E-state index in [2.05, 4.69) is 39.0 Å². The number of aryl methyl sites for hydroxylation is 1. The van der Waals surface area contributed by atoms with Crippen LogP contribution in [0.4, 0.5) is 17.3 Å². The molecular formula is C14H23N7. The summed E-state index contributed by atoms with van der Waals surface area (Å²) in [5.74, 6) is 1.50. The summed E-state index contributed by atoms with van der Waals surface area (Å²) in [5, 5.41) is 3.28. The van der Waals surface area contributed by atoms with Crippen LogP contribution in [-0.2, 0) is 6.54 Å². The van der Waals surface area contributed by atoms with Crippen molar-refractivity contribution in [1.82, 2.24) is 19.5 Å². The second-order valence-electron chi connectivity index (χ2n) is 4.71. The highest BCUT2D eigenvalue weighted by molar-refractivity contribution is 5.74. The summed E-state index contributed by atoms with van der Waals surface area (Å²) in [7, 11) is 0. The quantitative estimate of drug-likeness (QED) is 0.718. The normalized spacial score (nSPS) is 10.6. The minimum atomic E-state index is 0.615. The Bertz CT molecular complexity index is 534. The molecule has 0 bridgehead atoms. The highest BCUT2D eigenvalue weighted by atomic mass is 15.2. The summed E-state index contributed by atoms with van der Waals surface area (Å²) in [5.41, 5.74) is 6.78. The van der Waals surface area contributed by atoms with Crippen molar-refractivity contribution in [3.63, 3.8) is 0 Å². The first-order valence-corrected chi connectivity index (χ1v) is 7.31. The fourth-order valence-corrected chi connectivity index (χ4v) is 2.19. The highest BCUT2D eigenvalue weighted by Crippen LogP contribution is 2.25. The van der Waals surface area contributed by atoms with E-state index in [1.807, 2.05) is 17.1 Å². The lowest BCUT2D eigenvalue weighted by Crippen LogP contribution is -2.25. The summed E-state index contributed by atoms with van der Waals surface area (Å²) in [6.07, 6.45) is 8.09. The molecule has 0 aromatic carbocycles. The van der Waals surface area contributed by atoms with E-state index in [4.69, 9.17) is 5.73 Å². The first-order valence-electron chi connectivity index (χ1n) is 7.31. The molecule has 0 spiro atoms. The van der Waals surface area contributed by atoms with Gasteiger partial charge in [0.2, 0.25) is 0 Å². The van der Waals surface area contributed by atoms with Gasteiger partial charge in [0.1, 0.15) is 12.0 Å². The molecule has 2 aromatic heterocycles. The van der Waals surface area contributed by atoms with Gasteiger partial charge in [-0.05, 0) is 20.3 Å². The van der Waals surface area contributed by atoms with E-state index in [-0.39, 0.29) is 0 Å². The van der Waals surface area contributed by atoms with E-state index in [9.17, 15) is 0 Å². The van der Waals surface area contributed by atoms with Crippen LogP contribution in [0.3, 0.4) is 0 Å². The predicted molar refractivity (Wildman–Crippen MR) is 85.3 cm³/mol. The maximum absolute atomic E-state index is 6.17. The fourth-order valence-electron chi connectivity index (χ4n) is 2.19. The van der Waals surface area contributed by atoms with Gasteiger partial charge in [-0.25, -0.2) is 15.0 Å². The van der Waals surface area contributed by atoms with Crippen molar-refractivity contribution in [2.24, 2.45) is 0 Å². The van der Waals surface area contributed by atoms with E-state index < -0.39 is 0 Å². The molecule has 0 aliphatic carbocycles. The van der Waals surface area contributed by atoms with E-state index in [1.165, 1.54) is 0 Å². The van der Waals surface area contributed by atoms with Crippen LogP contribution in [0.25, 0.3) is 0 Å². The van der Waals surface area contributed by atoms with Gasteiger partial charge in [-0.15, -0.1) is 0 Å². The van der Waals surface area contributed by atoms with Crippen molar-refractivity contribution in [1.29, 1.82) is 0 Å². The van der Waals surface area contributed by atoms with E-state index in [0.29, 0.717) is 11.5 Å². The summed E-state index contributed by atoms with van der Waals surface area (Å²) in [4.78, 5) is 14.7. The molecule has 0 saturated heterocycles. The van der Waals surface area contributed by atoms with Gasteiger partial charge in [0.05, 0.1) is 6.33 Å². The van der Waals surface area contributed by atoms with Crippen molar-refractivity contribution in [2.75, 3.05) is 35.6 Å². The first-order chi connectivity index (χ1) is 10.3. The zero-order valence-corrected chi connectivity index (χ0v) is 12.7. The second-order valence-corrected chi connectivity index (χ2v) is 4.71. The van der Waals surface area contributed by atoms with Gasteiger partial charge in [0.15, 0.2) is 11.6 Å². The van der Waals surface area contributed by atoms with Crippen molar-refractivity contribution in [3.8, 4) is 0 Å². The predicted octanol–water partition coefficient (Wildman–Crippen LogP) is 1.60. The van der Waals surface area contributed by atoms with Crippen molar-refractivity contribution >= 4 is 17.3 Å². The van der Waals surface area contributed by atoms with Gasteiger partial charge in [-0.3, -0.25) is 0 Å². The van der Waals surface area contributed by atoms with E-state index in [1.54, 1.807) is 12.5 Å². The number of anilines is 3. The Morgan fingerprint density at radius 3 is 2.76 bits per heavy atom. The minimum Gasteiger partial charge on any atom is -0.393 e. The largest absolute Gasteiger partial charge is 0.393 e. The lowest BCUT2D eigenvalue weighted by atomic mass is 10.3. The Morgan fingerprint density at radius 1 is 1.29 bits per heavy atom. The number of nitrogens with one attached hydrogen (secondary N) is 1. The summed E-state index contributed by atoms with van der Waals surface area (Å²) in [6.45, 7) is 7.64. The average Bonchev–Trinajstić information content (AvgIpc) is 3.01. The molecule has 114 valence electrons. The number of imidazole rings is 1. The third-order valence-electron chi connectivity index (χ3n) is 3.37. The van der Waals surface area contributed by atoms with Crippen molar-refractivity contribution in [2.45, 2.75) is 26.8 Å². The number of aromatic nitrogens is 4. The topological polar surface area (TPSA) is 84.9 Å². The van der Waals surface area contributed by atoms with Gasteiger partial charge in [0.25, 0.3) is 0 Å². The fraction of sp³-hybridized carbons (Fsp3) is 0.500. The minimum absolute atomic E-state index is 0.615. The van der Waals surface area contributed by atoms with Gasteiger partial charge >= 0.3 is 0 Å². The Balaban J connectivity index is 1.92. The van der Waals surface area contributed by atoms with E-state index >= 15 is 0 Å². The number of nitrogen functional groups attached to an aromatic ring is 1. The molecule has 7 nitrogen and oxygen atoms in total. The Kier molecular flexibility index (Phi) is 5.36. The van der Waals surface area contributed by atoms with Crippen LogP contribution in [0, 0.1) is 0 Å². The number of nitrogens with two attached hydrogens (primary N) is 1. The van der Waals surface area contributed by atoms with Crippen LogP contribution in [0.2, 0.25) is 0 Å². The standard InChI is InChI=1S/C14H23N7/c1-3-21(4-2)14-12(15)13(18-10-19-14)17-6-5-8-20-9-7-16-11-20/h7,9-11H,3-6,8,15H2,1-2H3,(H,17,18,19). The molecule has 2 aromatic rings. The first kappa shape index (κ1) is 15.1. The highest BCUT2D eigenvalue weighted by Gasteiger charge is 2.12. The van der Waals surface area contributed by atoms with Gasteiger partial charge in [0, 0.05) is 38.6 Å². The van der Waals surface area contributed by atoms with Gasteiger partial charge < -0.3 is 20.5 Å². The van der Waals surface area contributed by atoms with Crippen LogP contribution < -0.4 is 16.0 Å². The van der Waals surface area contributed by atoms with Crippen LogP contribution >= 0.6 is 0 Å². The zero-order valence-electron chi connectivity index (χ0n) is 12.7. The number of hydrogen-bond acceptors (Lipinski definition) is 6. The maximum Gasteiger partial charge on any atom is 0.157 e. The smallest absolute Gasteiger partial charge is 0.157 e. The molecule has 2 heterocycles. The molecule has 0 unspecified atom stereocenters. The number of hydrogen-bond donors (Lipinski definition) is 2. The molecule has 7 heteroatoms. The molecule has 3 N–H and O–H groups in total. The van der Waals surface area contributed by atoms with Crippen molar-refractivity contribution in [3.05, 3.63) is 25.0 Å². The molecule has 0 aliphatic heterocycles. The lowest BCUT2D eigenvalue weighted by molar-refractivity contribution is 0.660. The van der Waals surface area contributed by atoms with Crippen LogP contribution in [0.15, 0.2) is 25.0 Å². The number of nitrogens with zero attached hydrogens (tertiary/aromatic N) is 5. The molecule has 0 aliphatic rings. The molecule has 2 rings (SSSR count).